The van der Waals surface area contributed by atoms with Gasteiger partial charge in [0.05, 0.1) is 5.56 Å². The average Bonchev–Trinajstić information content (AvgIpc) is 2.74. The fourth-order valence-electron chi connectivity index (χ4n) is 1.84. The number of aromatic amines is 1. The van der Waals surface area contributed by atoms with Gasteiger partial charge in [0.1, 0.15) is 0 Å². The van der Waals surface area contributed by atoms with Crippen molar-refractivity contribution in [3.63, 3.8) is 0 Å². The molecular formula is C12H14N4O3. The van der Waals surface area contributed by atoms with Crippen molar-refractivity contribution in [1.82, 2.24) is 19.3 Å². The van der Waals surface area contributed by atoms with Crippen LogP contribution < -0.4 is 11.2 Å². The number of aromatic nitrogens is 4. The van der Waals surface area contributed by atoms with Crippen LogP contribution in [0.5, 0.6) is 0 Å². The first-order chi connectivity index (χ1) is 9.00. The number of hydrogen-bond donors (Lipinski definition) is 1. The number of carbonyl (C=O) groups excluding carboxylic acids is 1. The van der Waals surface area contributed by atoms with Gasteiger partial charge >= 0.3 is 5.69 Å². The van der Waals surface area contributed by atoms with Crippen LogP contribution in [0, 0.1) is 0 Å². The van der Waals surface area contributed by atoms with Crippen LogP contribution in [0.25, 0.3) is 0 Å². The van der Waals surface area contributed by atoms with Crippen molar-refractivity contribution in [2.75, 3.05) is 0 Å². The molecule has 2 aromatic rings. The molecule has 19 heavy (non-hydrogen) atoms. The second kappa shape index (κ2) is 5.05. The van der Waals surface area contributed by atoms with Gasteiger partial charge in [0.25, 0.3) is 5.56 Å². The van der Waals surface area contributed by atoms with E-state index >= 15 is 0 Å². The van der Waals surface area contributed by atoms with Gasteiger partial charge in [-0.25, -0.2) is 4.79 Å². The van der Waals surface area contributed by atoms with Gasteiger partial charge in [-0.05, 0) is 13.0 Å². The Labute approximate surface area is 108 Å². The summed E-state index contributed by atoms with van der Waals surface area (Å²) < 4.78 is 2.71. The summed E-state index contributed by atoms with van der Waals surface area (Å²) in [5.74, 6) is -0.365. The van der Waals surface area contributed by atoms with Gasteiger partial charge in [-0.2, -0.15) is 5.10 Å². The van der Waals surface area contributed by atoms with E-state index in [2.05, 4.69) is 10.1 Å². The predicted molar refractivity (Wildman–Crippen MR) is 68.2 cm³/mol. The second-order valence-electron chi connectivity index (χ2n) is 4.22. The SMILES string of the molecule is CC(=O)c1c[nH]c(=O)n(CCc2ccnn2C)c1=O. The Bertz CT molecular complexity index is 723. The number of nitrogens with zero attached hydrogens (tertiary/aromatic N) is 3. The summed E-state index contributed by atoms with van der Waals surface area (Å²) in [6.07, 6.45) is 3.29. The maximum Gasteiger partial charge on any atom is 0.328 e. The van der Waals surface area contributed by atoms with Crippen LogP contribution in [0.15, 0.2) is 28.0 Å². The van der Waals surface area contributed by atoms with E-state index in [1.165, 1.54) is 6.92 Å². The van der Waals surface area contributed by atoms with Crippen molar-refractivity contribution >= 4 is 5.78 Å². The number of H-pyrrole nitrogens is 1. The summed E-state index contributed by atoms with van der Waals surface area (Å²) in [5.41, 5.74) is -0.181. The van der Waals surface area contributed by atoms with Crippen LogP contribution in [0.1, 0.15) is 23.0 Å². The average molecular weight is 262 g/mol. The third-order valence-electron chi connectivity index (χ3n) is 2.95. The zero-order chi connectivity index (χ0) is 14.0. The maximum absolute atomic E-state index is 12.0. The Kier molecular flexibility index (Phi) is 3.46. The van der Waals surface area contributed by atoms with Crippen molar-refractivity contribution in [2.24, 2.45) is 7.05 Å². The van der Waals surface area contributed by atoms with E-state index in [1.807, 2.05) is 6.07 Å². The molecule has 0 unspecified atom stereocenters. The second-order valence-corrected chi connectivity index (χ2v) is 4.22. The highest BCUT2D eigenvalue weighted by molar-refractivity contribution is 5.93. The monoisotopic (exact) mass is 262 g/mol. The summed E-state index contributed by atoms with van der Waals surface area (Å²) in [4.78, 5) is 37.3. The van der Waals surface area contributed by atoms with E-state index in [1.54, 1.807) is 17.9 Å². The minimum Gasteiger partial charge on any atom is -0.313 e. The molecule has 0 saturated carbocycles. The Morgan fingerprint density at radius 2 is 2.16 bits per heavy atom. The highest BCUT2D eigenvalue weighted by atomic mass is 16.2. The minimum absolute atomic E-state index is 0.00962. The first-order valence-corrected chi connectivity index (χ1v) is 5.81. The highest BCUT2D eigenvalue weighted by Crippen LogP contribution is 1.98. The lowest BCUT2D eigenvalue weighted by molar-refractivity contribution is 0.101. The van der Waals surface area contributed by atoms with E-state index in [9.17, 15) is 14.4 Å². The number of aryl methyl sites for hydroxylation is 2. The van der Waals surface area contributed by atoms with Crippen molar-refractivity contribution in [3.05, 3.63) is 50.6 Å². The van der Waals surface area contributed by atoms with Gasteiger partial charge in [-0.15, -0.1) is 0 Å². The lowest BCUT2D eigenvalue weighted by Gasteiger charge is -2.06. The number of ketones is 1. The predicted octanol–water partition coefficient (Wildman–Crippen LogP) is -0.285. The van der Waals surface area contributed by atoms with Gasteiger partial charge in [0.2, 0.25) is 0 Å². The summed E-state index contributed by atoms with van der Waals surface area (Å²) >= 11 is 0. The molecule has 0 atom stereocenters. The molecule has 2 rings (SSSR count). The van der Waals surface area contributed by atoms with Gasteiger partial charge < -0.3 is 4.98 Å². The molecule has 0 aliphatic heterocycles. The highest BCUT2D eigenvalue weighted by Gasteiger charge is 2.11. The third-order valence-corrected chi connectivity index (χ3v) is 2.95. The molecule has 2 heterocycles. The lowest BCUT2D eigenvalue weighted by atomic mass is 10.2. The first kappa shape index (κ1) is 13.0. The molecule has 0 radical (unpaired) electrons. The topological polar surface area (TPSA) is 89.8 Å². The molecule has 100 valence electrons. The van der Waals surface area contributed by atoms with E-state index in [0.29, 0.717) is 6.42 Å². The number of hydrogen-bond acceptors (Lipinski definition) is 4. The zero-order valence-corrected chi connectivity index (χ0v) is 10.7. The molecule has 0 bridgehead atoms. The molecule has 0 saturated heterocycles. The zero-order valence-electron chi connectivity index (χ0n) is 10.7. The van der Waals surface area contributed by atoms with Crippen LogP contribution in [-0.2, 0) is 20.0 Å². The lowest BCUT2D eigenvalue weighted by Crippen LogP contribution is -2.38. The molecule has 7 heteroatoms. The first-order valence-electron chi connectivity index (χ1n) is 5.81. The summed E-state index contributed by atoms with van der Waals surface area (Å²) in [5, 5.41) is 4.01. The number of Topliss-reactive ketones (excluding diaryl/α,β-unsaturated/α-hetero) is 1. The Balaban J connectivity index is 2.33. The molecular weight excluding hydrogens is 248 g/mol. The van der Waals surface area contributed by atoms with Gasteiger partial charge in [0.15, 0.2) is 5.78 Å². The Hall–Kier alpha value is -2.44. The smallest absolute Gasteiger partial charge is 0.313 e. The van der Waals surface area contributed by atoms with Crippen LogP contribution >= 0.6 is 0 Å². The van der Waals surface area contributed by atoms with Crippen molar-refractivity contribution in [1.29, 1.82) is 0 Å². The fraction of sp³-hybridized carbons (Fsp3) is 0.333. The fourth-order valence-corrected chi connectivity index (χ4v) is 1.84. The van der Waals surface area contributed by atoms with Gasteiger partial charge in [0, 0.05) is 38.1 Å². The van der Waals surface area contributed by atoms with E-state index in [4.69, 9.17) is 0 Å². The summed E-state index contributed by atoms with van der Waals surface area (Å²) in [7, 11) is 1.79. The molecule has 0 aliphatic carbocycles. The number of rotatable bonds is 4. The van der Waals surface area contributed by atoms with E-state index < -0.39 is 11.2 Å². The minimum atomic E-state index is -0.557. The Morgan fingerprint density at radius 1 is 1.42 bits per heavy atom. The molecule has 0 amide bonds. The normalized spacial score (nSPS) is 10.6. The standard InChI is InChI=1S/C12H14N4O3/c1-8(17)10-7-13-12(19)16(11(10)18)6-4-9-3-5-14-15(9)2/h3,5,7H,4,6H2,1-2H3,(H,13,19). The number of nitrogens with one attached hydrogen (secondary N) is 1. The van der Waals surface area contributed by atoms with Crippen LogP contribution in [0.2, 0.25) is 0 Å². The molecule has 1 N–H and O–H groups in total. The molecule has 0 fully saturated rings. The Morgan fingerprint density at radius 3 is 2.74 bits per heavy atom. The van der Waals surface area contributed by atoms with Crippen molar-refractivity contribution in [2.45, 2.75) is 19.9 Å². The van der Waals surface area contributed by atoms with Gasteiger partial charge in [-0.1, -0.05) is 0 Å². The molecule has 0 aliphatic rings. The van der Waals surface area contributed by atoms with E-state index in [-0.39, 0.29) is 17.9 Å². The quantitative estimate of drug-likeness (QED) is 0.767. The van der Waals surface area contributed by atoms with Crippen molar-refractivity contribution < 1.29 is 4.79 Å². The van der Waals surface area contributed by atoms with E-state index in [0.717, 1.165) is 16.5 Å². The van der Waals surface area contributed by atoms with Crippen LogP contribution in [0.4, 0.5) is 0 Å². The molecule has 7 nitrogen and oxygen atoms in total. The largest absolute Gasteiger partial charge is 0.328 e. The van der Waals surface area contributed by atoms with Crippen molar-refractivity contribution in [3.8, 4) is 0 Å². The number of carbonyl (C=O) groups is 1. The van der Waals surface area contributed by atoms with Gasteiger partial charge in [-0.3, -0.25) is 18.8 Å². The van der Waals surface area contributed by atoms with Crippen LogP contribution in [0.3, 0.4) is 0 Å². The molecule has 0 aromatic carbocycles. The molecule has 2 aromatic heterocycles. The molecule has 0 spiro atoms. The maximum atomic E-state index is 12.0. The van der Waals surface area contributed by atoms with Crippen LogP contribution in [-0.4, -0.2) is 25.1 Å². The summed E-state index contributed by atoms with van der Waals surface area (Å²) in [6, 6.07) is 1.81. The summed E-state index contributed by atoms with van der Waals surface area (Å²) in [6.45, 7) is 1.50. The third kappa shape index (κ3) is 2.54.